The molecule has 4 fully saturated rings. The number of piperidine rings is 3. The number of phenolic OH excluding ortho intramolecular Hbond substituents is 1. The lowest BCUT2D eigenvalue weighted by atomic mass is 9.75. The first-order valence-electron chi connectivity index (χ1n) is 10.4. The van der Waals surface area contributed by atoms with E-state index in [0.29, 0.717) is 30.2 Å². The molecule has 0 saturated carbocycles. The number of likely N-dealkylation sites (tertiary alicyclic amines) is 1. The normalized spacial score (nSPS) is 31.1. The number of aryl methyl sites for hydroxylation is 1. The van der Waals surface area contributed by atoms with Crippen molar-refractivity contribution in [1.82, 2.24) is 24.6 Å². The SMILES string of the molecule is O=C(CCCn1cncn1)N1C[C@@H](c2cccc(O)c2)[C@@H]2[C@H]1C1CCN2CC1. The molecule has 0 radical (unpaired) electrons. The van der Waals surface area contributed by atoms with Gasteiger partial charge in [0, 0.05) is 31.5 Å². The van der Waals surface area contributed by atoms with E-state index in [0.717, 1.165) is 38.2 Å². The smallest absolute Gasteiger partial charge is 0.222 e. The summed E-state index contributed by atoms with van der Waals surface area (Å²) < 4.78 is 1.78. The maximum atomic E-state index is 13.2. The number of aromatic nitrogens is 3. The van der Waals surface area contributed by atoms with Gasteiger partial charge in [0.25, 0.3) is 0 Å². The fourth-order valence-corrected chi connectivity index (χ4v) is 5.64. The molecule has 3 atom stereocenters. The van der Waals surface area contributed by atoms with Gasteiger partial charge >= 0.3 is 0 Å². The molecule has 28 heavy (non-hydrogen) atoms. The predicted octanol–water partition coefficient (Wildman–Crippen LogP) is 1.85. The summed E-state index contributed by atoms with van der Waals surface area (Å²) in [7, 11) is 0. The van der Waals surface area contributed by atoms with E-state index in [1.165, 1.54) is 19.2 Å². The van der Waals surface area contributed by atoms with Gasteiger partial charge in [0.1, 0.15) is 18.4 Å². The van der Waals surface area contributed by atoms with Crippen LogP contribution in [0, 0.1) is 5.92 Å². The summed E-state index contributed by atoms with van der Waals surface area (Å²) in [6.07, 6.45) is 6.93. The van der Waals surface area contributed by atoms with Crippen LogP contribution < -0.4 is 0 Å². The molecular formula is C21H27N5O2. The van der Waals surface area contributed by atoms with E-state index in [1.54, 1.807) is 17.1 Å². The quantitative estimate of drug-likeness (QED) is 0.856. The van der Waals surface area contributed by atoms with Gasteiger partial charge < -0.3 is 10.0 Å². The van der Waals surface area contributed by atoms with Gasteiger partial charge in [-0.25, -0.2) is 4.98 Å². The third kappa shape index (κ3) is 3.07. The Morgan fingerprint density at radius 3 is 2.82 bits per heavy atom. The second kappa shape index (κ2) is 7.20. The Bertz CT molecular complexity index is 831. The van der Waals surface area contributed by atoms with Crippen molar-refractivity contribution in [2.75, 3.05) is 19.6 Å². The summed E-state index contributed by atoms with van der Waals surface area (Å²) in [5.41, 5.74) is 1.15. The third-order valence-electron chi connectivity index (χ3n) is 6.86. The van der Waals surface area contributed by atoms with E-state index < -0.39 is 0 Å². The van der Waals surface area contributed by atoms with Crippen molar-refractivity contribution in [2.24, 2.45) is 5.92 Å². The highest BCUT2D eigenvalue weighted by atomic mass is 16.3. The van der Waals surface area contributed by atoms with Gasteiger partial charge in [-0.05, 0) is 56.0 Å². The van der Waals surface area contributed by atoms with Crippen LogP contribution in [0.5, 0.6) is 5.75 Å². The summed E-state index contributed by atoms with van der Waals surface area (Å²) in [6.45, 7) is 3.75. The topological polar surface area (TPSA) is 74.5 Å². The van der Waals surface area contributed by atoms with Gasteiger partial charge in [0.05, 0.1) is 6.04 Å². The van der Waals surface area contributed by atoms with Gasteiger partial charge in [0.15, 0.2) is 0 Å². The van der Waals surface area contributed by atoms with Crippen LogP contribution in [0.3, 0.4) is 0 Å². The molecule has 1 aromatic heterocycles. The lowest BCUT2D eigenvalue weighted by Crippen LogP contribution is -2.60. The Morgan fingerprint density at radius 2 is 2.07 bits per heavy atom. The van der Waals surface area contributed by atoms with Gasteiger partial charge in [0.2, 0.25) is 5.91 Å². The number of hydrogen-bond donors (Lipinski definition) is 1. The van der Waals surface area contributed by atoms with E-state index in [1.807, 2.05) is 12.1 Å². The zero-order valence-corrected chi connectivity index (χ0v) is 16.0. The average molecular weight is 381 g/mol. The second-order valence-electron chi connectivity index (χ2n) is 8.36. The Kier molecular flexibility index (Phi) is 4.55. The van der Waals surface area contributed by atoms with E-state index in [4.69, 9.17) is 0 Å². The van der Waals surface area contributed by atoms with E-state index in [-0.39, 0.29) is 11.8 Å². The molecule has 2 aromatic rings. The van der Waals surface area contributed by atoms with Crippen molar-refractivity contribution >= 4 is 5.91 Å². The molecule has 0 aliphatic carbocycles. The number of amides is 1. The van der Waals surface area contributed by atoms with Crippen molar-refractivity contribution in [3.8, 4) is 5.75 Å². The maximum absolute atomic E-state index is 13.2. The van der Waals surface area contributed by atoms with Crippen LogP contribution in [0.15, 0.2) is 36.9 Å². The first-order valence-corrected chi connectivity index (χ1v) is 10.4. The highest BCUT2D eigenvalue weighted by molar-refractivity contribution is 5.77. The van der Waals surface area contributed by atoms with E-state index in [9.17, 15) is 9.90 Å². The third-order valence-corrected chi connectivity index (χ3v) is 6.86. The monoisotopic (exact) mass is 381 g/mol. The largest absolute Gasteiger partial charge is 0.508 e. The van der Waals surface area contributed by atoms with E-state index in [2.05, 4.69) is 25.9 Å². The molecule has 0 unspecified atom stereocenters. The summed E-state index contributed by atoms with van der Waals surface area (Å²) in [6, 6.07) is 8.31. The summed E-state index contributed by atoms with van der Waals surface area (Å²) in [5, 5.41) is 14.1. The molecule has 6 rings (SSSR count). The highest BCUT2D eigenvalue weighted by Gasteiger charge is 2.54. The molecule has 0 spiro atoms. The molecule has 7 heteroatoms. The summed E-state index contributed by atoms with van der Waals surface area (Å²) >= 11 is 0. The zero-order chi connectivity index (χ0) is 19.1. The number of hydrogen-bond acceptors (Lipinski definition) is 5. The number of aromatic hydroxyl groups is 1. The molecule has 1 amide bonds. The second-order valence-corrected chi connectivity index (χ2v) is 8.36. The minimum absolute atomic E-state index is 0.256. The summed E-state index contributed by atoms with van der Waals surface area (Å²) in [4.78, 5) is 21.9. The van der Waals surface area contributed by atoms with Crippen molar-refractivity contribution in [1.29, 1.82) is 0 Å². The van der Waals surface area contributed by atoms with Crippen LogP contribution in [0.2, 0.25) is 0 Å². The molecule has 7 nitrogen and oxygen atoms in total. The maximum Gasteiger partial charge on any atom is 0.222 e. The molecule has 4 saturated heterocycles. The molecule has 2 bridgehead atoms. The number of phenols is 1. The number of carbonyl (C=O) groups is 1. The molecule has 5 heterocycles. The lowest BCUT2D eigenvalue weighted by molar-refractivity contribution is -0.136. The Balaban J connectivity index is 1.35. The number of rotatable bonds is 5. The first-order chi connectivity index (χ1) is 13.7. The Labute approximate surface area is 165 Å². The van der Waals surface area contributed by atoms with Crippen LogP contribution in [0.25, 0.3) is 0 Å². The fraction of sp³-hybridized carbons (Fsp3) is 0.571. The van der Waals surface area contributed by atoms with Crippen molar-refractivity contribution in [3.05, 3.63) is 42.5 Å². The van der Waals surface area contributed by atoms with Crippen LogP contribution in [0.4, 0.5) is 0 Å². The first kappa shape index (κ1) is 17.7. The van der Waals surface area contributed by atoms with Gasteiger partial charge in [-0.2, -0.15) is 5.10 Å². The molecule has 148 valence electrons. The van der Waals surface area contributed by atoms with Gasteiger partial charge in [-0.15, -0.1) is 0 Å². The standard InChI is InChI=1S/C21H27N5O2/c27-17-4-1-3-16(11-17)18-12-26(19(28)5-2-8-25-14-22-13-23-25)20-15-6-9-24(10-7-15)21(18)20/h1,3-4,11,13-15,18,20-21,27H,2,5-10,12H2/t18-,20+,21+/m0/s1. The molecule has 1 aromatic carbocycles. The van der Waals surface area contributed by atoms with Gasteiger partial charge in [-0.3, -0.25) is 14.4 Å². The number of fused-ring (bicyclic) bond motifs is 2. The predicted molar refractivity (Wildman–Crippen MR) is 104 cm³/mol. The average Bonchev–Trinajstić information content (AvgIpc) is 3.38. The van der Waals surface area contributed by atoms with Crippen LogP contribution in [0.1, 0.15) is 37.2 Å². The Hall–Kier alpha value is -2.41. The van der Waals surface area contributed by atoms with Crippen molar-refractivity contribution in [2.45, 2.75) is 50.2 Å². The Morgan fingerprint density at radius 1 is 1.21 bits per heavy atom. The van der Waals surface area contributed by atoms with Crippen LogP contribution in [-0.4, -0.2) is 67.3 Å². The number of nitrogens with zero attached hydrogens (tertiary/aromatic N) is 5. The summed E-state index contributed by atoms with van der Waals surface area (Å²) in [5.74, 6) is 1.45. The molecule has 4 aliphatic rings. The number of benzene rings is 1. The zero-order valence-electron chi connectivity index (χ0n) is 16.0. The minimum Gasteiger partial charge on any atom is -0.508 e. The van der Waals surface area contributed by atoms with Gasteiger partial charge in [-0.1, -0.05) is 12.1 Å². The van der Waals surface area contributed by atoms with Crippen molar-refractivity contribution in [3.63, 3.8) is 0 Å². The lowest BCUT2D eigenvalue weighted by Gasteiger charge is -2.51. The van der Waals surface area contributed by atoms with Crippen molar-refractivity contribution < 1.29 is 9.90 Å². The van der Waals surface area contributed by atoms with E-state index >= 15 is 0 Å². The molecule has 1 N–H and O–H groups in total. The van der Waals surface area contributed by atoms with Crippen LogP contribution >= 0.6 is 0 Å². The molecular weight excluding hydrogens is 354 g/mol. The van der Waals surface area contributed by atoms with Crippen LogP contribution in [-0.2, 0) is 11.3 Å². The molecule has 4 aliphatic heterocycles. The number of carbonyl (C=O) groups excluding carboxylic acids is 1. The highest BCUT2D eigenvalue weighted by Crippen LogP contribution is 2.47. The minimum atomic E-state index is 0.256. The fourth-order valence-electron chi connectivity index (χ4n) is 5.64.